The molecule has 1 aromatic heterocycles. The first-order valence-electron chi connectivity index (χ1n) is 16.0. The third-order valence-corrected chi connectivity index (χ3v) is 10.3. The van der Waals surface area contributed by atoms with Crippen LogP contribution >= 0.6 is 11.3 Å². The Kier molecular flexibility index (Phi) is 15.1. The topological polar surface area (TPSA) is 174 Å². The number of nitrogens with zero attached hydrogens (tertiary/aromatic N) is 4. The van der Waals surface area contributed by atoms with Crippen molar-refractivity contribution < 1.29 is 33.1 Å². The second kappa shape index (κ2) is 18.8. The maximum Gasteiger partial charge on any atom is 0.318 e. The Morgan fingerprint density at radius 2 is 1.71 bits per heavy atom. The van der Waals surface area contributed by atoms with Crippen LogP contribution in [-0.4, -0.2) is 96.5 Å². The minimum Gasteiger partial charge on any atom is -0.411 e. The summed E-state index contributed by atoms with van der Waals surface area (Å²) in [6.07, 6.45) is 0.0915. The van der Waals surface area contributed by atoms with Crippen LogP contribution in [0.3, 0.4) is 0 Å². The smallest absolute Gasteiger partial charge is 0.318 e. The molecule has 2 aromatic carbocycles. The molecule has 0 spiro atoms. The Bertz CT molecular complexity index is 1620. The highest BCUT2D eigenvalue weighted by Gasteiger charge is 2.34. The molecule has 0 bridgehead atoms. The first kappa shape index (κ1) is 39.5. The Labute approximate surface area is 293 Å². The van der Waals surface area contributed by atoms with Crippen LogP contribution in [0.4, 0.5) is 4.79 Å². The van der Waals surface area contributed by atoms with E-state index in [-0.39, 0.29) is 42.8 Å². The van der Waals surface area contributed by atoms with Gasteiger partial charge in [-0.25, -0.2) is 18.2 Å². The molecule has 1 heterocycles. The predicted molar refractivity (Wildman–Crippen MR) is 189 cm³/mol. The number of benzene rings is 2. The SMILES string of the molecule is COCc1nc(CN(C)C(=O)N[C@H](C(=O)N[C@@H](Cc2ccccc2)[C@@H](O)CN(CC(C)C)S(=O)(=O)c2ccc(C=NO)cc2)C(C)C)cs1. The molecule has 4 N–H and O–H groups in total. The zero-order valence-electron chi connectivity index (χ0n) is 28.8. The van der Waals surface area contributed by atoms with Gasteiger partial charge in [-0.15, -0.1) is 11.3 Å². The van der Waals surface area contributed by atoms with Crippen molar-refractivity contribution in [2.75, 3.05) is 27.2 Å². The molecule has 0 saturated heterocycles. The second-order valence-electron chi connectivity index (χ2n) is 12.6. The minimum absolute atomic E-state index is 0.0124. The average Bonchev–Trinajstić information content (AvgIpc) is 3.50. The van der Waals surface area contributed by atoms with Gasteiger partial charge in [-0.1, -0.05) is 75.3 Å². The van der Waals surface area contributed by atoms with Crippen molar-refractivity contribution >= 4 is 39.5 Å². The zero-order valence-corrected chi connectivity index (χ0v) is 30.4. The van der Waals surface area contributed by atoms with E-state index in [1.165, 1.54) is 51.0 Å². The number of hydrogen-bond acceptors (Lipinski definition) is 10. The molecule has 3 atom stereocenters. The van der Waals surface area contributed by atoms with Gasteiger partial charge in [0.15, 0.2) is 0 Å². The van der Waals surface area contributed by atoms with E-state index in [0.717, 1.165) is 10.6 Å². The number of oxime groups is 1. The van der Waals surface area contributed by atoms with Crippen LogP contribution in [0.2, 0.25) is 0 Å². The number of hydrogen-bond donors (Lipinski definition) is 4. The lowest BCUT2D eigenvalue weighted by molar-refractivity contribution is -0.125. The number of thiazole rings is 1. The summed E-state index contributed by atoms with van der Waals surface area (Å²) in [6.45, 7) is 7.79. The normalized spacial score (nSPS) is 13.9. The van der Waals surface area contributed by atoms with E-state index in [9.17, 15) is 23.1 Å². The number of methoxy groups -OCH3 is 1. The lowest BCUT2D eigenvalue weighted by atomic mass is 9.98. The summed E-state index contributed by atoms with van der Waals surface area (Å²) in [4.78, 5) is 32.9. The molecule has 0 aliphatic rings. The van der Waals surface area contributed by atoms with Crippen LogP contribution in [-0.2, 0) is 39.1 Å². The van der Waals surface area contributed by atoms with Crippen molar-refractivity contribution in [2.45, 2.75) is 70.4 Å². The fourth-order valence-electron chi connectivity index (χ4n) is 5.08. The maximum absolute atomic E-state index is 13.8. The van der Waals surface area contributed by atoms with E-state index in [2.05, 4.69) is 20.8 Å². The number of sulfonamides is 1. The third kappa shape index (κ3) is 11.9. The van der Waals surface area contributed by atoms with E-state index < -0.39 is 40.1 Å². The molecule has 3 aromatic rings. The van der Waals surface area contributed by atoms with Crippen molar-refractivity contribution in [1.29, 1.82) is 0 Å². The number of rotatable bonds is 18. The summed E-state index contributed by atoms with van der Waals surface area (Å²) < 4.78 is 33.9. The lowest BCUT2D eigenvalue weighted by Gasteiger charge is -2.32. The van der Waals surface area contributed by atoms with Gasteiger partial charge in [0, 0.05) is 32.6 Å². The van der Waals surface area contributed by atoms with Crippen LogP contribution in [0.25, 0.3) is 0 Å². The molecule has 3 rings (SSSR count). The van der Waals surface area contributed by atoms with Crippen LogP contribution in [0.5, 0.6) is 0 Å². The molecule has 268 valence electrons. The van der Waals surface area contributed by atoms with Crippen LogP contribution in [0, 0.1) is 11.8 Å². The molecule has 3 amide bonds. The summed E-state index contributed by atoms with van der Waals surface area (Å²) in [5, 5.41) is 31.8. The fraction of sp³-hybridized carbons (Fsp3) is 0.471. The quantitative estimate of drug-likeness (QED) is 0.0877. The number of ether oxygens (including phenoxy) is 1. The van der Waals surface area contributed by atoms with Crippen molar-refractivity contribution in [3.63, 3.8) is 0 Å². The number of aromatic nitrogens is 1. The first-order chi connectivity index (χ1) is 23.2. The molecule has 49 heavy (non-hydrogen) atoms. The molecule has 0 aliphatic carbocycles. The molecule has 13 nitrogen and oxygen atoms in total. The van der Waals surface area contributed by atoms with Crippen molar-refractivity contribution in [2.24, 2.45) is 17.0 Å². The third-order valence-electron chi connectivity index (χ3n) is 7.62. The number of carbonyl (C=O) groups excluding carboxylic acids is 2. The van der Waals surface area contributed by atoms with Gasteiger partial charge in [0.25, 0.3) is 0 Å². The fourth-order valence-corrected chi connectivity index (χ4v) is 7.46. The minimum atomic E-state index is -4.06. The van der Waals surface area contributed by atoms with E-state index in [4.69, 9.17) is 9.94 Å². The van der Waals surface area contributed by atoms with E-state index in [1.807, 2.05) is 49.6 Å². The molecule has 0 radical (unpaired) electrons. The van der Waals surface area contributed by atoms with E-state index in [0.29, 0.717) is 17.9 Å². The monoisotopic (exact) mass is 716 g/mol. The Balaban J connectivity index is 1.82. The molecule has 0 fully saturated rings. The zero-order chi connectivity index (χ0) is 36.1. The summed E-state index contributed by atoms with van der Waals surface area (Å²) in [5.41, 5.74) is 2.04. The first-order valence-corrected chi connectivity index (χ1v) is 18.3. The van der Waals surface area contributed by atoms with E-state index >= 15 is 0 Å². The van der Waals surface area contributed by atoms with Crippen molar-refractivity contribution in [3.05, 3.63) is 81.8 Å². The summed E-state index contributed by atoms with van der Waals surface area (Å²) >= 11 is 1.43. The molecule has 0 unspecified atom stereocenters. The Hall–Kier alpha value is -3.89. The number of urea groups is 1. The average molecular weight is 717 g/mol. The summed E-state index contributed by atoms with van der Waals surface area (Å²) in [7, 11) is -0.865. The summed E-state index contributed by atoms with van der Waals surface area (Å²) in [5.74, 6) is -0.887. The number of nitrogens with one attached hydrogen (secondary N) is 2. The van der Waals surface area contributed by atoms with Gasteiger partial charge in [0.05, 0.1) is 42.1 Å². The van der Waals surface area contributed by atoms with Gasteiger partial charge in [-0.05, 0) is 41.5 Å². The highest BCUT2D eigenvalue weighted by molar-refractivity contribution is 7.89. The lowest BCUT2D eigenvalue weighted by Crippen LogP contribution is -2.58. The summed E-state index contributed by atoms with van der Waals surface area (Å²) in [6, 6.07) is 12.8. The maximum atomic E-state index is 13.8. The molecule has 15 heteroatoms. The molecular weight excluding hydrogens is 669 g/mol. The Morgan fingerprint density at radius 1 is 1.04 bits per heavy atom. The van der Waals surface area contributed by atoms with Crippen LogP contribution in [0.15, 0.2) is 70.0 Å². The number of carbonyl (C=O) groups is 2. The van der Waals surface area contributed by atoms with Crippen LogP contribution < -0.4 is 10.6 Å². The highest BCUT2D eigenvalue weighted by atomic mass is 32.2. The Morgan fingerprint density at radius 3 is 2.31 bits per heavy atom. The van der Waals surface area contributed by atoms with Crippen LogP contribution in [0.1, 0.15) is 49.5 Å². The largest absolute Gasteiger partial charge is 0.411 e. The van der Waals surface area contributed by atoms with Gasteiger partial charge < -0.3 is 30.6 Å². The van der Waals surface area contributed by atoms with Gasteiger partial charge in [-0.3, -0.25) is 4.79 Å². The van der Waals surface area contributed by atoms with Gasteiger partial charge >= 0.3 is 6.03 Å². The highest BCUT2D eigenvalue weighted by Crippen LogP contribution is 2.20. The number of aliphatic hydroxyl groups excluding tert-OH is 1. The number of amides is 3. The second-order valence-corrected chi connectivity index (χ2v) is 15.5. The predicted octanol–water partition coefficient (Wildman–Crippen LogP) is 3.70. The van der Waals surface area contributed by atoms with Crippen molar-refractivity contribution in [3.8, 4) is 0 Å². The van der Waals surface area contributed by atoms with E-state index in [1.54, 1.807) is 28.0 Å². The van der Waals surface area contributed by atoms with Crippen molar-refractivity contribution in [1.82, 2.24) is 24.8 Å². The molecular formula is C34H48N6O7S2. The number of aliphatic hydroxyl groups is 1. The van der Waals surface area contributed by atoms with Gasteiger partial charge in [0.2, 0.25) is 15.9 Å². The van der Waals surface area contributed by atoms with Gasteiger partial charge in [0.1, 0.15) is 11.0 Å². The molecule has 0 aliphatic heterocycles. The standard InChI is InChI=1S/C34H48N6O7S2/c1-23(2)18-40(49(45,46)28-14-12-26(13-15-28)17-35-44)20-30(41)29(16-25-10-8-7-9-11-25)37-33(42)32(24(3)4)38-34(43)39(5)19-27-22-48-31(36-27)21-47-6/h7-15,17,22-24,29-30,32,41,44H,16,18-21H2,1-6H3,(H,37,42)(H,38,43)/t29-,30-,32-/m0/s1. The molecule has 0 saturated carbocycles. The van der Waals surface area contributed by atoms with Gasteiger partial charge in [-0.2, -0.15) is 4.31 Å².